The molecule has 0 radical (unpaired) electrons. The normalized spacial score (nSPS) is 27.9. The third kappa shape index (κ3) is 3.87. The Labute approximate surface area is 120 Å². The molecule has 2 aliphatic rings. The molecule has 0 bridgehead atoms. The van der Waals surface area contributed by atoms with E-state index in [9.17, 15) is 14.7 Å². The first-order chi connectivity index (χ1) is 9.28. The smallest absolute Gasteiger partial charge is 0.410 e. The van der Waals surface area contributed by atoms with E-state index in [2.05, 4.69) is 0 Å². The van der Waals surface area contributed by atoms with Crippen LogP contribution < -0.4 is 0 Å². The molecule has 0 spiro atoms. The van der Waals surface area contributed by atoms with Crippen LogP contribution in [-0.2, 0) is 9.53 Å². The van der Waals surface area contributed by atoms with Crippen LogP contribution >= 0.6 is 0 Å². The monoisotopic (exact) mass is 283 g/mol. The Morgan fingerprint density at radius 2 is 1.70 bits per heavy atom. The van der Waals surface area contributed by atoms with Crippen LogP contribution in [0, 0.1) is 17.8 Å². The van der Waals surface area contributed by atoms with Crippen LogP contribution in [0.4, 0.5) is 4.79 Å². The molecule has 0 aromatic rings. The van der Waals surface area contributed by atoms with Crippen LogP contribution in [0.15, 0.2) is 0 Å². The highest BCUT2D eigenvalue weighted by molar-refractivity contribution is 5.71. The molecule has 1 heterocycles. The number of rotatable bonds is 2. The number of carboxylic acids is 1. The first kappa shape index (κ1) is 15.1. The van der Waals surface area contributed by atoms with Gasteiger partial charge in [-0.3, -0.25) is 4.79 Å². The average Bonchev–Trinajstić information content (AvgIpc) is 3.12. The van der Waals surface area contributed by atoms with E-state index < -0.39 is 11.6 Å². The molecule has 1 amide bonds. The van der Waals surface area contributed by atoms with Crippen molar-refractivity contribution in [2.45, 2.75) is 52.1 Å². The minimum atomic E-state index is -0.715. The highest BCUT2D eigenvalue weighted by Gasteiger charge is 2.42. The van der Waals surface area contributed by atoms with Gasteiger partial charge in [0.1, 0.15) is 5.60 Å². The van der Waals surface area contributed by atoms with Crippen LogP contribution in [0.3, 0.4) is 0 Å². The summed E-state index contributed by atoms with van der Waals surface area (Å²) in [5, 5.41) is 9.39. The van der Waals surface area contributed by atoms with Crippen LogP contribution in [0.1, 0.15) is 46.5 Å². The Kier molecular flexibility index (Phi) is 4.25. The Morgan fingerprint density at radius 1 is 1.10 bits per heavy atom. The molecule has 1 aliphatic carbocycles. The molecule has 0 aromatic carbocycles. The topological polar surface area (TPSA) is 66.8 Å². The summed E-state index contributed by atoms with van der Waals surface area (Å²) >= 11 is 0. The summed E-state index contributed by atoms with van der Waals surface area (Å²) in [4.78, 5) is 25.2. The van der Waals surface area contributed by atoms with Gasteiger partial charge in [-0.05, 0) is 58.3 Å². The van der Waals surface area contributed by atoms with Crippen LogP contribution in [0.25, 0.3) is 0 Å². The summed E-state index contributed by atoms with van der Waals surface area (Å²) in [6.07, 6.45) is 3.27. The van der Waals surface area contributed by atoms with Gasteiger partial charge in [0.15, 0.2) is 0 Å². The van der Waals surface area contributed by atoms with E-state index in [1.807, 2.05) is 20.8 Å². The van der Waals surface area contributed by atoms with Crippen molar-refractivity contribution in [3.05, 3.63) is 0 Å². The molecular weight excluding hydrogens is 258 g/mol. The highest BCUT2D eigenvalue weighted by atomic mass is 16.6. The molecule has 1 aliphatic heterocycles. The SMILES string of the molecule is CC(C)(C)OC(=O)N1CCC(C(=O)O)C(C2CC2)CC1. The van der Waals surface area contributed by atoms with Gasteiger partial charge < -0.3 is 14.7 Å². The first-order valence-corrected chi connectivity index (χ1v) is 7.48. The zero-order chi connectivity index (χ0) is 14.9. The largest absolute Gasteiger partial charge is 0.481 e. The van der Waals surface area contributed by atoms with Crippen molar-refractivity contribution in [2.75, 3.05) is 13.1 Å². The van der Waals surface area contributed by atoms with Crippen molar-refractivity contribution in [3.8, 4) is 0 Å². The molecule has 20 heavy (non-hydrogen) atoms. The standard InChI is InChI=1S/C15H25NO4/c1-15(2,3)20-14(19)16-8-6-11(10-4-5-10)12(7-9-16)13(17)18/h10-12H,4-9H2,1-3H3,(H,17,18). The predicted octanol–water partition coefficient (Wildman–Crippen LogP) is 2.74. The number of carbonyl (C=O) groups is 2. The van der Waals surface area contributed by atoms with E-state index in [1.54, 1.807) is 4.90 Å². The summed E-state index contributed by atoms with van der Waals surface area (Å²) in [5.74, 6) is -0.252. The number of aliphatic carboxylic acids is 1. The van der Waals surface area contributed by atoms with Gasteiger partial charge in [0.2, 0.25) is 0 Å². The second-order valence-electron chi connectivity index (χ2n) is 6.99. The molecule has 1 saturated carbocycles. The number of hydrogen-bond donors (Lipinski definition) is 1. The fourth-order valence-electron chi connectivity index (χ4n) is 3.03. The summed E-state index contributed by atoms with van der Waals surface area (Å²) in [6.45, 7) is 6.62. The maximum atomic E-state index is 12.1. The molecule has 0 aromatic heterocycles. The van der Waals surface area contributed by atoms with Crippen molar-refractivity contribution < 1.29 is 19.4 Å². The first-order valence-electron chi connectivity index (χ1n) is 7.48. The molecular formula is C15H25NO4. The summed E-state index contributed by atoms with van der Waals surface area (Å²) in [5.41, 5.74) is -0.508. The number of amides is 1. The van der Waals surface area contributed by atoms with E-state index in [-0.39, 0.29) is 17.9 Å². The van der Waals surface area contributed by atoms with Crippen molar-refractivity contribution in [1.29, 1.82) is 0 Å². The number of hydrogen-bond acceptors (Lipinski definition) is 3. The lowest BCUT2D eigenvalue weighted by Gasteiger charge is -2.26. The molecule has 5 heteroatoms. The number of carbonyl (C=O) groups excluding carboxylic acids is 1. The maximum Gasteiger partial charge on any atom is 0.410 e. The highest BCUT2D eigenvalue weighted by Crippen LogP contribution is 2.44. The van der Waals surface area contributed by atoms with Gasteiger partial charge in [0, 0.05) is 13.1 Å². The molecule has 2 fully saturated rings. The van der Waals surface area contributed by atoms with Gasteiger partial charge in [0.05, 0.1) is 5.92 Å². The Morgan fingerprint density at radius 3 is 2.20 bits per heavy atom. The Balaban J connectivity index is 1.99. The molecule has 1 saturated heterocycles. The van der Waals surface area contributed by atoms with Crippen molar-refractivity contribution >= 4 is 12.1 Å². The van der Waals surface area contributed by atoms with Gasteiger partial charge in [-0.1, -0.05) is 0 Å². The van der Waals surface area contributed by atoms with Gasteiger partial charge in [-0.25, -0.2) is 4.79 Å². The molecule has 2 atom stereocenters. The number of likely N-dealkylation sites (tertiary alicyclic amines) is 1. The molecule has 2 unspecified atom stereocenters. The van der Waals surface area contributed by atoms with E-state index in [4.69, 9.17) is 4.74 Å². The van der Waals surface area contributed by atoms with Gasteiger partial charge in [-0.2, -0.15) is 0 Å². The lowest BCUT2D eigenvalue weighted by molar-refractivity contribution is -0.144. The fraction of sp³-hybridized carbons (Fsp3) is 0.867. The molecule has 5 nitrogen and oxygen atoms in total. The molecule has 114 valence electrons. The summed E-state index contributed by atoms with van der Waals surface area (Å²) in [7, 11) is 0. The van der Waals surface area contributed by atoms with Crippen LogP contribution in [0.2, 0.25) is 0 Å². The lowest BCUT2D eigenvalue weighted by Crippen LogP contribution is -2.37. The minimum absolute atomic E-state index is 0.222. The van der Waals surface area contributed by atoms with E-state index >= 15 is 0 Å². The predicted molar refractivity (Wildman–Crippen MR) is 74.4 cm³/mol. The number of carboxylic acid groups (broad SMARTS) is 1. The van der Waals surface area contributed by atoms with Gasteiger partial charge in [0.25, 0.3) is 0 Å². The zero-order valence-corrected chi connectivity index (χ0v) is 12.6. The zero-order valence-electron chi connectivity index (χ0n) is 12.6. The van der Waals surface area contributed by atoms with Crippen molar-refractivity contribution in [3.63, 3.8) is 0 Å². The minimum Gasteiger partial charge on any atom is -0.481 e. The Bertz CT molecular complexity index is 384. The number of nitrogens with zero attached hydrogens (tertiary/aromatic N) is 1. The third-order valence-electron chi connectivity index (χ3n) is 4.16. The third-order valence-corrected chi connectivity index (χ3v) is 4.16. The Hall–Kier alpha value is -1.26. The van der Waals surface area contributed by atoms with E-state index in [0.717, 1.165) is 19.3 Å². The average molecular weight is 283 g/mol. The van der Waals surface area contributed by atoms with Crippen molar-refractivity contribution in [2.24, 2.45) is 17.8 Å². The van der Waals surface area contributed by atoms with Crippen LogP contribution in [-0.4, -0.2) is 40.8 Å². The lowest BCUT2D eigenvalue weighted by atomic mass is 9.84. The summed E-state index contributed by atoms with van der Waals surface area (Å²) in [6, 6.07) is 0. The van der Waals surface area contributed by atoms with Crippen molar-refractivity contribution in [1.82, 2.24) is 4.90 Å². The van der Waals surface area contributed by atoms with Gasteiger partial charge >= 0.3 is 12.1 Å². The maximum absolute atomic E-state index is 12.1. The number of ether oxygens (including phenoxy) is 1. The van der Waals surface area contributed by atoms with Crippen LogP contribution in [0.5, 0.6) is 0 Å². The molecule has 1 N–H and O–H groups in total. The van der Waals surface area contributed by atoms with E-state index in [0.29, 0.717) is 25.4 Å². The van der Waals surface area contributed by atoms with Gasteiger partial charge in [-0.15, -0.1) is 0 Å². The second-order valence-corrected chi connectivity index (χ2v) is 6.99. The fourth-order valence-corrected chi connectivity index (χ4v) is 3.03. The second kappa shape index (κ2) is 5.62. The quantitative estimate of drug-likeness (QED) is 0.846. The summed E-state index contributed by atoms with van der Waals surface area (Å²) < 4.78 is 5.38. The van der Waals surface area contributed by atoms with E-state index in [1.165, 1.54) is 0 Å². The molecule has 2 rings (SSSR count).